The van der Waals surface area contributed by atoms with Gasteiger partial charge in [0.05, 0.1) is 59.9 Å². The van der Waals surface area contributed by atoms with Crippen LogP contribution in [0.3, 0.4) is 0 Å². The Balaban J connectivity index is 0.887. The molecule has 7 aromatic carbocycles. The monoisotopic (exact) mass is 1000 g/mol. The van der Waals surface area contributed by atoms with Crippen molar-refractivity contribution in [3.63, 3.8) is 0 Å². The van der Waals surface area contributed by atoms with E-state index in [9.17, 15) is 19.2 Å². The first-order valence-corrected chi connectivity index (χ1v) is 23.7. The highest BCUT2D eigenvalue weighted by atomic mass is 19.1. The number of esters is 4. The van der Waals surface area contributed by atoms with Crippen molar-refractivity contribution in [2.75, 3.05) is 23.4 Å². The van der Waals surface area contributed by atoms with E-state index in [-0.39, 0.29) is 48.7 Å². The first kappa shape index (κ1) is 50.1. The maximum Gasteiger partial charge on any atom is 0.346 e. The lowest BCUT2D eigenvalue weighted by Crippen LogP contribution is -2.16. The van der Waals surface area contributed by atoms with Crippen LogP contribution < -0.4 is 29.2 Å². The number of ether oxygens (including phenoxy) is 5. The Kier molecular flexibility index (Phi) is 15.5. The molecule has 0 fully saturated rings. The summed E-state index contributed by atoms with van der Waals surface area (Å²) in [5, 5.41) is 4.62. The molecule has 374 valence electrons. The van der Waals surface area contributed by atoms with E-state index in [0.717, 1.165) is 39.6 Å². The van der Waals surface area contributed by atoms with Crippen LogP contribution in [-0.2, 0) is 20.7 Å². The summed E-state index contributed by atoms with van der Waals surface area (Å²) in [6, 6.07) is 40.8. The minimum Gasteiger partial charge on any atom is -0.493 e. The summed E-state index contributed by atoms with van der Waals surface area (Å²) in [7, 11) is 0. The lowest BCUT2D eigenvalue weighted by molar-refractivity contribution is -0.139. The van der Waals surface area contributed by atoms with E-state index in [1.165, 1.54) is 12.1 Å². The van der Waals surface area contributed by atoms with Gasteiger partial charge in [0.2, 0.25) is 0 Å². The van der Waals surface area contributed by atoms with Crippen molar-refractivity contribution in [1.82, 2.24) is 19.9 Å². The summed E-state index contributed by atoms with van der Waals surface area (Å²) in [6.45, 7) is 7.51. The van der Waals surface area contributed by atoms with Gasteiger partial charge in [-0.1, -0.05) is 60.7 Å². The maximum atomic E-state index is 15.0. The summed E-state index contributed by atoms with van der Waals surface area (Å²) in [5.74, 6) is -1.54. The van der Waals surface area contributed by atoms with E-state index < -0.39 is 29.7 Å². The molecule has 0 spiro atoms. The van der Waals surface area contributed by atoms with E-state index in [1.54, 1.807) is 92.4 Å². The van der Waals surface area contributed by atoms with E-state index in [1.807, 2.05) is 78.6 Å². The molecule has 16 heteroatoms. The molecule has 75 heavy (non-hydrogen) atoms. The average Bonchev–Trinajstić information content (AvgIpc) is 3.41. The number of aryl methyl sites for hydroxylation is 2. The number of hydrogen-bond acceptors (Lipinski definition) is 15. The summed E-state index contributed by atoms with van der Waals surface area (Å²) in [4.78, 5) is 71.5. The van der Waals surface area contributed by atoms with Crippen LogP contribution in [0.25, 0.3) is 21.8 Å². The van der Waals surface area contributed by atoms with Gasteiger partial charge in [-0.2, -0.15) is 0 Å². The topological polar surface area (TPSA) is 181 Å². The van der Waals surface area contributed by atoms with E-state index in [4.69, 9.17) is 33.7 Å². The summed E-state index contributed by atoms with van der Waals surface area (Å²) in [5.41, 5.74) is 5.62. The molecule has 2 aromatic heterocycles. The van der Waals surface area contributed by atoms with Gasteiger partial charge in [-0.15, -0.1) is 0 Å². The van der Waals surface area contributed by atoms with Crippen molar-refractivity contribution in [1.29, 1.82) is 0 Å². The number of carbonyl (C=O) groups is 4. The third-order valence-electron chi connectivity index (χ3n) is 11.5. The molecular formula is C59H47FN6O9. The zero-order valence-electron chi connectivity index (χ0n) is 40.7. The normalized spacial score (nSPS) is 10.9. The Morgan fingerprint density at radius 1 is 0.653 bits per heavy atom. The maximum absolute atomic E-state index is 15.0. The first-order chi connectivity index (χ1) is 36.4. The summed E-state index contributed by atoms with van der Waals surface area (Å²) >= 11 is 0. The van der Waals surface area contributed by atoms with Gasteiger partial charge in [-0.05, 0) is 122 Å². The molecule has 0 bridgehead atoms. The Morgan fingerprint density at radius 3 is 2.15 bits per heavy atom. The number of hydrogen-bond donors (Lipinski definition) is 1. The molecule has 0 aliphatic heterocycles. The molecule has 0 aliphatic carbocycles. The molecule has 15 nitrogen and oxygen atoms in total. The SMILES string of the molecule is C=C(C)C(=O)OCCCOc1ccc(CCC(=O)Oc2ccc3cc(C(=O)Oc4ccc(C(=O)Oc5ccc(C)cc5)c(F)c4)ccc3c2)c(N(c2ccccc2)c2cnc(Nc3ccc4nccnc4c3)cn2)c1. The second kappa shape index (κ2) is 23.2. The van der Waals surface area contributed by atoms with Crippen molar-refractivity contribution in [3.05, 3.63) is 211 Å². The van der Waals surface area contributed by atoms with Crippen LogP contribution in [0.5, 0.6) is 23.0 Å². The Bertz CT molecular complexity index is 3580. The van der Waals surface area contributed by atoms with Crippen molar-refractivity contribution in [3.8, 4) is 23.0 Å². The molecule has 0 saturated carbocycles. The lowest BCUT2D eigenvalue weighted by Gasteiger charge is -2.27. The molecule has 2 heterocycles. The molecule has 0 amide bonds. The van der Waals surface area contributed by atoms with Gasteiger partial charge < -0.3 is 29.0 Å². The third-order valence-corrected chi connectivity index (χ3v) is 11.5. The van der Waals surface area contributed by atoms with Crippen LogP contribution in [-0.4, -0.2) is 57.0 Å². The molecule has 0 aliphatic rings. The Morgan fingerprint density at radius 2 is 1.37 bits per heavy atom. The van der Waals surface area contributed by atoms with Gasteiger partial charge in [-0.3, -0.25) is 19.7 Å². The van der Waals surface area contributed by atoms with Gasteiger partial charge >= 0.3 is 23.9 Å². The van der Waals surface area contributed by atoms with Crippen LogP contribution in [0, 0.1) is 12.7 Å². The highest BCUT2D eigenvalue weighted by Gasteiger charge is 2.22. The quantitative estimate of drug-likeness (QED) is 0.0349. The Labute approximate surface area is 430 Å². The van der Waals surface area contributed by atoms with Gasteiger partial charge in [0.25, 0.3) is 0 Å². The number of anilines is 5. The zero-order valence-corrected chi connectivity index (χ0v) is 40.7. The highest BCUT2D eigenvalue weighted by molar-refractivity contribution is 5.97. The number of aromatic nitrogens is 4. The van der Waals surface area contributed by atoms with E-state index in [0.29, 0.717) is 51.6 Å². The van der Waals surface area contributed by atoms with E-state index in [2.05, 4.69) is 21.9 Å². The summed E-state index contributed by atoms with van der Waals surface area (Å²) < 4.78 is 43.0. The molecule has 1 N–H and O–H groups in total. The molecular weight excluding hydrogens is 956 g/mol. The minimum absolute atomic E-state index is 0.00703. The first-order valence-electron chi connectivity index (χ1n) is 23.7. The van der Waals surface area contributed by atoms with Crippen LogP contribution in [0.1, 0.15) is 51.6 Å². The second-order valence-electron chi connectivity index (χ2n) is 17.2. The molecule has 0 atom stereocenters. The predicted octanol–water partition coefficient (Wildman–Crippen LogP) is 12.1. The average molecular weight is 1000 g/mol. The van der Waals surface area contributed by atoms with Gasteiger partial charge in [0, 0.05) is 47.9 Å². The molecule has 9 aromatic rings. The van der Waals surface area contributed by atoms with Crippen molar-refractivity contribution in [2.24, 2.45) is 0 Å². The fourth-order valence-electron chi connectivity index (χ4n) is 7.74. The van der Waals surface area contributed by atoms with Crippen molar-refractivity contribution < 1.29 is 47.3 Å². The number of nitrogens with zero attached hydrogens (tertiary/aromatic N) is 5. The van der Waals surface area contributed by atoms with Crippen LogP contribution >= 0.6 is 0 Å². The Hall–Kier alpha value is -9.83. The number of rotatable bonds is 19. The number of benzene rings is 7. The number of fused-ring (bicyclic) bond motifs is 2. The number of para-hydroxylation sites is 1. The van der Waals surface area contributed by atoms with Crippen molar-refractivity contribution in [2.45, 2.75) is 33.1 Å². The minimum atomic E-state index is -0.913. The largest absolute Gasteiger partial charge is 0.493 e. The summed E-state index contributed by atoms with van der Waals surface area (Å²) in [6.07, 6.45) is 7.24. The predicted molar refractivity (Wildman–Crippen MR) is 281 cm³/mol. The molecule has 0 radical (unpaired) electrons. The lowest BCUT2D eigenvalue weighted by atomic mass is 10.0. The number of carbonyl (C=O) groups excluding carboxylic acids is 4. The van der Waals surface area contributed by atoms with Crippen molar-refractivity contribution >= 4 is 74.4 Å². The van der Waals surface area contributed by atoms with Crippen LogP contribution in [0.2, 0.25) is 0 Å². The fraction of sp³-hybridized carbons (Fsp3) is 0.119. The fourth-order valence-corrected chi connectivity index (χ4v) is 7.74. The van der Waals surface area contributed by atoms with Gasteiger partial charge in [-0.25, -0.2) is 28.7 Å². The standard InChI is InChI=1S/C59H47FN6O9/c1-37(2)57(68)72-29-7-28-71-46-20-14-39(53(34-46)66(44-8-5-4-6-9-44)55-36-63-54(35-64-55)65-43-17-24-51-52(32-43)62-27-26-61-51)16-25-56(67)73-47-21-15-40-30-42(13-12-41(40)31-47)58(69)75-48-22-23-49(50(60)33-48)59(70)74-45-18-10-38(3)11-19-45/h4-6,8-15,17-24,26-27,30-36H,1,7,16,25,28-29H2,2-3H3,(H,63,65). The third kappa shape index (κ3) is 12.8. The van der Waals surface area contributed by atoms with E-state index >= 15 is 4.39 Å². The van der Waals surface area contributed by atoms with Gasteiger partial charge in [0.15, 0.2) is 5.82 Å². The zero-order chi connectivity index (χ0) is 52.3. The van der Waals surface area contributed by atoms with Crippen LogP contribution in [0.15, 0.2) is 183 Å². The van der Waals surface area contributed by atoms with Gasteiger partial charge in [0.1, 0.15) is 34.6 Å². The smallest absolute Gasteiger partial charge is 0.346 e. The van der Waals surface area contributed by atoms with Crippen LogP contribution in [0.4, 0.5) is 33.1 Å². The molecule has 0 saturated heterocycles. The molecule has 9 rings (SSSR count). The number of nitrogens with one attached hydrogen (secondary N) is 1. The highest BCUT2D eigenvalue weighted by Crippen LogP contribution is 2.38. The second-order valence-corrected chi connectivity index (χ2v) is 17.2. The number of halogens is 1. The molecule has 0 unspecified atom stereocenters.